The highest BCUT2D eigenvalue weighted by Crippen LogP contribution is 2.27. The third kappa shape index (κ3) is 4.42. The molecule has 4 rings (SSSR count). The number of carbonyl (C=O) groups excluding carboxylic acids is 1. The molecule has 1 amide bonds. The summed E-state index contributed by atoms with van der Waals surface area (Å²) in [6.45, 7) is 5.39. The van der Waals surface area contributed by atoms with Crippen molar-refractivity contribution in [1.29, 1.82) is 0 Å². The van der Waals surface area contributed by atoms with Crippen molar-refractivity contribution in [2.75, 3.05) is 18.0 Å². The lowest BCUT2D eigenvalue weighted by Gasteiger charge is -2.33. The highest BCUT2D eigenvalue weighted by Gasteiger charge is 2.28. The predicted molar refractivity (Wildman–Crippen MR) is 116 cm³/mol. The van der Waals surface area contributed by atoms with Crippen LogP contribution in [0, 0.1) is 5.92 Å². The minimum Gasteiger partial charge on any atom is -0.352 e. The molecule has 0 aliphatic carbocycles. The van der Waals surface area contributed by atoms with Crippen molar-refractivity contribution in [1.82, 2.24) is 19.9 Å². The first kappa shape index (κ1) is 19.4. The first-order valence-electron chi connectivity index (χ1n) is 10.6. The molecule has 1 aliphatic rings. The summed E-state index contributed by atoms with van der Waals surface area (Å²) in [6, 6.07) is 12.2. The van der Waals surface area contributed by atoms with Crippen LogP contribution < -0.4 is 10.2 Å². The fraction of sp³-hybridized carbons (Fsp3) is 0.435. The van der Waals surface area contributed by atoms with E-state index in [-0.39, 0.29) is 11.8 Å². The molecular formula is C23H29N5O. The number of amides is 1. The van der Waals surface area contributed by atoms with E-state index in [2.05, 4.69) is 44.9 Å². The zero-order valence-electron chi connectivity index (χ0n) is 17.1. The van der Waals surface area contributed by atoms with Crippen molar-refractivity contribution in [3.8, 4) is 0 Å². The molecule has 3 aromatic rings. The first-order valence-corrected chi connectivity index (χ1v) is 10.6. The first-order chi connectivity index (χ1) is 14.3. The molecule has 1 fully saturated rings. The maximum absolute atomic E-state index is 12.8. The van der Waals surface area contributed by atoms with Gasteiger partial charge in [0, 0.05) is 38.6 Å². The Morgan fingerprint density at radius 2 is 2.03 bits per heavy atom. The second-order valence-electron chi connectivity index (χ2n) is 7.76. The monoisotopic (exact) mass is 391 g/mol. The number of nitrogens with one attached hydrogen (secondary N) is 1. The third-order valence-corrected chi connectivity index (χ3v) is 5.66. The number of unbranched alkanes of at least 4 members (excludes halogenated alkanes) is 1. The zero-order valence-corrected chi connectivity index (χ0v) is 17.1. The molecule has 3 heterocycles. The molecular weight excluding hydrogens is 362 g/mol. The number of rotatable bonds is 7. The summed E-state index contributed by atoms with van der Waals surface area (Å²) in [5.41, 5.74) is 3.28. The fourth-order valence-corrected chi connectivity index (χ4v) is 4.05. The van der Waals surface area contributed by atoms with E-state index in [1.54, 1.807) is 12.4 Å². The van der Waals surface area contributed by atoms with Crippen LogP contribution in [0.3, 0.4) is 0 Å². The van der Waals surface area contributed by atoms with Crippen LogP contribution in [0.1, 0.15) is 38.2 Å². The molecule has 1 aliphatic heterocycles. The summed E-state index contributed by atoms with van der Waals surface area (Å²) in [6.07, 6.45) is 7.70. The smallest absolute Gasteiger partial charge is 0.225 e. The third-order valence-electron chi connectivity index (χ3n) is 5.66. The van der Waals surface area contributed by atoms with Gasteiger partial charge in [-0.05, 0) is 49.1 Å². The largest absolute Gasteiger partial charge is 0.352 e. The summed E-state index contributed by atoms with van der Waals surface area (Å²) in [4.78, 5) is 24.0. The number of anilines is 1. The maximum Gasteiger partial charge on any atom is 0.225 e. The summed E-state index contributed by atoms with van der Waals surface area (Å²) < 4.78 is 2.33. The number of aryl methyl sites for hydroxylation is 1. The second kappa shape index (κ2) is 9.07. The number of hydrogen-bond donors (Lipinski definition) is 1. The molecule has 0 radical (unpaired) electrons. The Hall–Kier alpha value is -2.89. The number of nitrogens with zero attached hydrogens (tertiary/aromatic N) is 4. The van der Waals surface area contributed by atoms with Gasteiger partial charge in [0.1, 0.15) is 0 Å². The van der Waals surface area contributed by atoms with Crippen LogP contribution in [0.2, 0.25) is 0 Å². The SMILES string of the molecule is CCCCn1c(N2CCC[C@H](C(=O)NCc3ccncc3)C2)nc2ccccc21. The Morgan fingerprint density at radius 3 is 2.86 bits per heavy atom. The lowest BCUT2D eigenvalue weighted by atomic mass is 9.97. The standard InChI is InChI=1S/C23H29N5O/c1-2-3-15-28-21-9-5-4-8-20(21)26-23(28)27-14-6-7-19(17-27)22(29)25-16-18-10-12-24-13-11-18/h4-5,8-13,19H,2-3,6-7,14-17H2,1H3,(H,25,29)/t19-/m0/s1. The number of para-hydroxylation sites is 2. The van der Waals surface area contributed by atoms with Crippen LogP contribution >= 0.6 is 0 Å². The van der Waals surface area contributed by atoms with E-state index in [9.17, 15) is 4.79 Å². The number of imidazole rings is 1. The predicted octanol–water partition coefficient (Wildman–Crippen LogP) is 3.76. The zero-order chi connectivity index (χ0) is 20.1. The Bertz CT molecular complexity index is 952. The van der Waals surface area contributed by atoms with E-state index < -0.39 is 0 Å². The number of benzene rings is 1. The molecule has 1 N–H and O–H groups in total. The topological polar surface area (TPSA) is 63.1 Å². The van der Waals surface area contributed by atoms with Crippen molar-refractivity contribution in [2.45, 2.75) is 45.7 Å². The van der Waals surface area contributed by atoms with Crippen molar-refractivity contribution in [2.24, 2.45) is 5.92 Å². The maximum atomic E-state index is 12.8. The van der Waals surface area contributed by atoms with E-state index in [1.165, 1.54) is 5.52 Å². The quantitative estimate of drug-likeness (QED) is 0.666. The van der Waals surface area contributed by atoms with Crippen LogP contribution in [0.4, 0.5) is 5.95 Å². The van der Waals surface area contributed by atoms with E-state index in [0.717, 1.165) is 62.3 Å². The average molecular weight is 392 g/mol. The van der Waals surface area contributed by atoms with Crippen molar-refractivity contribution in [3.05, 3.63) is 54.4 Å². The van der Waals surface area contributed by atoms with Gasteiger partial charge in [-0.3, -0.25) is 9.78 Å². The molecule has 29 heavy (non-hydrogen) atoms. The lowest BCUT2D eigenvalue weighted by Crippen LogP contribution is -2.43. The minimum absolute atomic E-state index is 0.00924. The van der Waals surface area contributed by atoms with E-state index in [0.29, 0.717) is 6.54 Å². The lowest BCUT2D eigenvalue weighted by molar-refractivity contribution is -0.125. The van der Waals surface area contributed by atoms with Gasteiger partial charge in [-0.2, -0.15) is 0 Å². The van der Waals surface area contributed by atoms with Gasteiger partial charge in [-0.25, -0.2) is 4.98 Å². The van der Waals surface area contributed by atoms with Gasteiger partial charge >= 0.3 is 0 Å². The average Bonchev–Trinajstić information content (AvgIpc) is 3.15. The molecule has 0 saturated carbocycles. The van der Waals surface area contributed by atoms with Crippen LogP contribution in [-0.2, 0) is 17.9 Å². The van der Waals surface area contributed by atoms with Crippen LogP contribution in [0.25, 0.3) is 11.0 Å². The van der Waals surface area contributed by atoms with Gasteiger partial charge in [-0.15, -0.1) is 0 Å². The van der Waals surface area contributed by atoms with Gasteiger partial charge in [0.05, 0.1) is 17.0 Å². The van der Waals surface area contributed by atoms with Crippen LogP contribution in [-0.4, -0.2) is 33.5 Å². The number of carbonyl (C=O) groups is 1. The van der Waals surface area contributed by atoms with Crippen molar-refractivity contribution >= 4 is 22.9 Å². The van der Waals surface area contributed by atoms with Crippen LogP contribution in [0.15, 0.2) is 48.8 Å². The van der Waals surface area contributed by atoms with E-state index in [4.69, 9.17) is 4.98 Å². The molecule has 1 aromatic carbocycles. The number of aromatic nitrogens is 3. The van der Waals surface area contributed by atoms with Crippen molar-refractivity contribution < 1.29 is 4.79 Å². The van der Waals surface area contributed by atoms with Gasteiger partial charge in [-0.1, -0.05) is 25.5 Å². The van der Waals surface area contributed by atoms with E-state index >= 15 is 0 Å². The summed E-state index contributed by atoms with van der Waals surface area (Å²) in [5.74, 6) is 1.12. The number of pyridine rings is 1. The normalized spacial score (nSPS) is 16.9. The van der Waals surface area contributed by atoms with Gasteiger partial charge in [0.15, 0.2) is 0 Å². The number of piperidine rings is 1. The van der Waals surface area contributed by atoms with Crippen molar-refractivity contribution in [3.63, 3.8) is 0 Å². The molecule has 6 heteroatoms. The van der Waals surface area contributed by atoms with Gasteiger partial charge in [0.25, 0.3) is 0 Å². The summed E-state index contributed by atoms with van der Waals surface area (Å²) in [5, 5.41) is 3.10. The fourth-order valence-electron chi connectivity index (χ4n) is 4.05. The second-order valence-corrected chi connectivity index (χ2v) is 7.76. The minimum atomic E-state index is -0.00924. The number of fused-ring (bicyclic) bond motifs is 1. The highest BCUT2D eigenvalue weighted by atomic mass is 16.1. The molecule has 1 saturated heterocycles. The molecule has 0 bridgehead atoms. The Kier molecular flexibility index (Phi) is 6.08. The Morgan fingerprint density at radius 1 is 1.21 bits per heavy atom. The molecule has 152 valence electrons. The highest BCUT2D eigenvalue weighted by molar-refractivity contribution is 5.81. The summed E-state index contributed by atoms with van der Waals surface area (Å²) >= 11 is 0. The number of hydrogen-bond acceptors (Lipinski definition) is 4. The molecule has 2 aromatic heterocycles. The van der Waals surface area contributed by atoms with Crippen LogP contribution in [0.5, 0.6) is 0 Å². The Labute approximate surface area is 172 Å². The Balaban J connectivity index is 1.48. The molecule has 1 atom stereocenters. The summed E-state index contributed by atoms with van der Waals surface area (Å²) in [7, 11) is 0. The van der Waals surface area contributed by atoms with Gasteiger partial charge in [0.2, 0.25) is 11.9 Å². The molecule has 0 spiro atoms. The van der Waals surface area contributed by atoms with E-state index in [1.807, 2.05) is 18.2 Å². The molecule has 0 unspecified atom stereocenters. The van der Waals surface area contributed by atoms with Gasteiger partial charge < -0.3 is 14.8 Å². The molecule has 6 nitrogen and oxygen atoms in total.